The highest BCUT2D eigenvalue weighted by atomic mass is 35.5. The Kier molecular flexibility index (Phi) is 6.00. The van der Waals surface area contributed by atoms with E-state index in [0.29, 0.717) is 22.3 Å². The van der Waals surface area contributed by atoms with Crippen molar-refractivity contribution in [1.82, 2.24) is 10.3 Å². The Morgan fingerprint density at radius 3 is 2.80 bits per heavy atom. The van der Waals surface area contributed by atoms with E-state index < -0.39 is 0 Å². The van der Waals surface area contributed by atoms with Crippen molar-refractivity contribution in [3.05, 3.63) is 52.1 Å². The first-order valence-electron chi connectivity index (χ1n) is 8.16. The highest BCUT2D eigenvalue weighted by Crippen LogP contribution is 2.27. The number of nitrogens with one attached hydrogen (secondary N) is 1. The summed E-state index contributed by atoms with van der Waals surface area (Å²) in [6.45, 7) is 2.38. The molecule has 0 saturated carbocycles. The number of amides is 1. The number of nitrogens with zero attached hydrogens (tertiary/aromatic N) is 2. The number of ether oxygens (including phenoxy) is 1. The summed E-state index contributed by atoms with van der Waals surface area (Å²) in [5, 5.41) is 3.76. The number of halogens is 2. The van der Waals surface area contributed by atoms with Crippen LogP contribution in [0.2, 0.25) is 10.0 Å². The summed E-state index contributed by atoms with van der Waals surface area (Å²) in [7, 11) is 0. The van der Waals surface area contributed by atoms with Gasteiger partial charge in [-0.1, -0.05) is 23.2 Å². The molecule has 3 rings (SSSR count). The molecule has 0 unspecified atom stereocenters. The Bertz CT molecular complexity index is 749. The molecule has 1 aromatic carbocycles. The van der Waals surface area contributed by atoms with Crippen LogP contribution in [0, 0.1) is 0 Å². The minimum atomic E-state index is -0.226. The summed E-state index contributed by atoms with van der Waals surface area (Å²) in [5.74, 6) is 1.13. The van der Waals surface area contributed by atoms with Crippen LogP contribution in [0.5, 0.6) is 5.75 Å². The van der Waals surface area contributed by atoms with Gasteiger partial charge < -0.3 is 15.0 Å². The molecule has 1 N–H and O–H groups in total. The van der Waals surface area contributed by atoms with Gasteiger partial charge >= 0.3 is 0 Å². The van der Waals surface area contributed by atoms with Gasteiger partial charge in [0.15, 0.2) is 6.61 Å². The van der Waals surface area contributed by atoms with Crippen molar-refractivity contribution < 1.29 is 9.53 Å². The number of aromatic nitrogens is 1. The predicted octanol–water partition coefficient (Wildman–Crippen LogP) is 3.68. The fourth-order valence-electron chi connectivity index (χ4n) is 2.67. The molecule has 25 heavy (non-hydrogen) atoms. The molecule has 1 aliphatic rings. The molecule has 0 radical (unpaired) electrons. The number of hydrogen-bond donors (Lipinski definition) is 1. The molecular formula is C18H19Cl2N3O2. The summed E-state index contributed by atoms with van der Waals surface area (Å²) < 4.78 is 5.42. The first-order valence-corrected chi connectivity index (χ1v) is 8.92. The number of pyridine rings is 1. The SMILES string of the molecule is O=C(COc1cc(Cl)ccc1Cl)NCc1ccnc(N2CCCC2)c1. The molecule has 1 aliphatic heterocycles. The van der Waals surface area contributed by atoms with Crippen LogP contribution in [0.3, 0.4) is 0 Å². The van der Waals surface area contributed by atoms with Crippen LogP contribution >= 0.6 is 23.2 Å². The Labute approximate surface area is 156 Å². The number of anilines is 1. The van der Waals surface area contributed by atoms with Gasteiger partial charge in [-0.3, -0.25) is 4.79 Å². The maximum atomic E-state index is 12.0. The molecular weight excluding hydrogens is 361 g/mol. The van der Waals surface area contributed by atoms with E-state index in [1.165, 1.54) is 12.8 Å². The van der Waals surface area contributed by atoms with E-state index >= 15 is 0 Å². The normalized spacial score (nSPS) is 13.8. The molecule has 0 aliphatic carbocycles. The summed E-state index contributed by atoms with van der Waals surface area (Å²) >= 11 is 11.9. The van der Waals surface area contributed by atoms with Crippen LogP contribution < -0.4 is 15.0 Å². The zero-order valence-corrected chi connectivity index (χ0v) is 15.2. The van der Waals surface area contributed by atoms with Gasteiger partial charge in [0.1, 0.15) is 11.6 Å². The number of carbonyl (C=O) groups excluding carboxylic acids is 1. The summed E-state index contributed by atoms with van der Waals surface area (Å²) in [6.07, 6.45) is 4.18. The van der Waals surface area contributed by atoms with Crippen molar-refractivity contribution in [1.29, 1.82) is 0 Å². The maximum absolute atomic E-state index is 12.0. The van der Waals surface area contributed by atoms with Crippen molar-refractivity contribution in [2.24, 2.45) is 0 Å². The van der Waals surface area contributed by atoms with E-state index in [1.807, 2.05) is 12.1 Å². The van der Waals surface area contributed by atoms with Crippen LogP contribution in [0.1, 0.15) is 18.4 Å². The lowest BCUT2D eigenvalue weighted by Gasteiger charge is -2.17. The summed E-state index contributed by atoms with van der Waals surface area (Å²) in [6, 6.07) is 8.80. The Morgan fingerprint density at radius 1 is 1.20 bits per heavy atom. The monoisotopic (exact) mass is 379 g/mol. The van der Waals surface area contributed by atoms with Gasteiger partial charge in [-0.15, -0.1) is 0 Å². The maximum Gasteiger partial charge on any atom is 0.258 e. The van der Waals surface area contributed by atoms with E-state index in [-0.39, 0.29) is 12.5 Å². The van der Waals surface area contributed by atoms with Gasteiger partial charge in [0.05, 0.1) is 5.02 Å². The quantitative estimate of drug-likeness (QED) is 0.831. The molecule has 1 saturated heterocycles. The van der Waals surface area contributed by atoms with Crippen LogP contribution in [0.4, 0.5) is 5.82 Å². The van der Waals surface area contributed by atoms with Crippen molar-refractivity contribution in [3.8, 4) is 5.75 Å². The molecule has 5 nitrogen and oxygen atoms in total. The zero-order chi connectivity index (χ0) is 17.6. The molecule has 2 aromatic rings. The molecule has 1 amide bonds. The molecule has 0 spiro atoms. The van der Waals surface area contributed by atoms with E-state index in [9.17, 15) is 4.79 Å². The largest absolute Gasteiger partial charge is 0.482 e. The van der Waals surface area contributed by atoms with Gasteiger partial charge in [0, 0.05) is 36.9 Å². The number of hydrogen-bond acceptors (Lipinski definition) is 4. The highest BCUT2D eigenvalue weighted by molar-refractivity contribution is 6.34. The zero-order valence-electron chi connectivity index (χ0n) is 13.7. The molecule has 132 valence electrons. The molecule has 0 atom stereocenters. The van der Waals surface area contributed by atoms with Crippen LogP contribution in [0.25, 0.3) is 0 Å². The van der Waals surface area contributed by atoms with E-state index in [2.05, 4.69) is 15.2 Å². The topological polar surface area (TPSA) is 54.5 Å². The molecule has 7 heteroatoms. The van der Waals surface area contributed by atoms with Crippen LogP contribution in [-0.2, 0) is 11.3 Å². The lowest BCUT2D eigenvalue weighted by molar-refractivity contribution is -0.123. The Hall–Kier alpha value is -1.98. The standard InChI is InChI=1S/C18H19Cl2N3O2/c19-14-3-4-15(20)16(10-14)25-12-18(24)22-11-13-5-6-21-17(9-13)23-7-1-2-8-23/h3-6,9-10H,1-2,7-8,11-12H2,(H,22,24). The van der Waals surface area contributed by atoms with Gasteiger partial charge in [0.2, 0.25) is 0 Å². The van der Waals surface area contributed by atoms with Crippen molar-refractivity contribution in [3.63, 3.8) is 0 Å². The van der Waals surface area contributed by atoms with Crippen molar-refractivity contribution in [2.45, 2.75) is 19.4 Å². The van der Waals surface area contributed by atoms with E-state index in [0.717, 1.165) is 24.5 Å². The van der Waals surface area contributed by atoms with Crippen LogP contribution in [0.15, 0.2) is 36.5 Å². The summed E-state index contributed by atoms with van der Waals surface area (Å²) in [5.41, 5.74) is 1.01. The van der Waals surface area contributed by atoms with Crippen molar-refractivity contribution >= 4 is 34.9 Å². The summed E-state index contributed by atoms with van der Waals surface area (Å²) in [4.78, 5) is 18.7. The first kappa shape index (κ1) is 17.8. The highest BCUT2D eigenvalue weighted by Gasteiger charge is 2.14. The minimum absolute atomic E-state index is 0.121. The van der Waals surface area contributed by atoms with E-state index in [4.69, 9.17) is 27.9 Å². The smallest absolute Gasteiger partial charge is 0.258 e. The fraction of sp³-hybridized carbons (Fsp3) is 0.333. The van der Waals surface area contributed by atoms with Gasteiger partial charge in [0.25, 0.3) is 5.91 Å². The average molecular weight is 380 g/mol. The second-order valence-corrected chi connectivity index (χ2v) is 6.70. The number of carbonyl (C=O) groups is 1. The molecule has 1 aromatic heterocycles. The second kappa shape index (κ2) is 8.41. The third-order valence-corrected chi connectivity index (χ3v) is 4.53. The number of rotatable bonds is 6. The van der Waals surface area contributed by atoms with Crippen molar-refractivity contribution in [2.75, 3.05) is 24.6 Å². The minimum Gasteiger partial charge on any atom is -0.482 e. The molecule has 2 heterocycles. The molecule has 1 fully saturated rings. The van der Waals surface area contributed by atoms with Gasteiger partial charge in [-0.2, -0.15) is 0 Å². The third kappa shape index (κ3) is 5.00. The third-order valence-electron chi connectivity index (χ3n) is 3.98. The lowest BCUT2D eigenvalue weighted by Crippen LogP contribution is -2.28. The number of benzene rings is 1. The first-order chi connectivity index (χ1) is 12.1. The second-order valence-electron chi connectivity index (χ2n) is 5.86. The Morgan fingerprint density at radius 2 is 2.00 bits per heavy atom. The van der Waals surface area contributed by atoms with Crippen LogP contribution in [-0.4, -0.2) is 30.6 Å². The average Bonchev–Trinajstić information content (AvgIpc) is 3.16. The Balaban J connectivity index is 1.50. The fourth-order valence-corrected chi connectivity index (χ4v) is 3.01. The predicted molar refractivity (Wildman–Crippen MR) is 99.5 cm³/mol. The van der Waals surface area contributed by atoms with E-state index in [1.54, 1.807) is 24.4 Å². The van der Waals surface area contributed by atoms with Gasteiger partial charge in [-0.05, 0) is 42.7 Å². The molecule has 0 bridgehead atoms. The van der Waals surface area contributed by atoms with Gasteiger partial charge in [-0.25, -0.2) is 4.98 Å². The lowest BCUT2D eigenvalue weighted by atomic mass is 10.2.